The van der Waals surface area contributed by atoms with Crippen molar-refractivity contribution in [3.05, 3.63) is 24.0 Å². The minimum absolute atomic E-state index is 0.0745. The van der Waals surface area contributed by atoms with Crippen LogP contribution in [0.25, 0.3) is 0 Å². The van der Waals surface area contributed by atoms with Gasteiger partial charge in [0.2, 0.25) is 0 Å². The van der Waals surface area contributed by atoms with Crippen LogP contribution in [0, 0.1) is 0 Å². The van der Waals surface area contributed by atoms with Gasteiger partial charge >= 0.3 is 5.97 Å². The van der Waals surface area contributed by atoms with Gasteiger partial charge in [-0.15, -0.1) is 0 Å². The van der Waals surface area contributed by atoms with Crippen LogP contribution in [0.2, 0.25) is 0 Å². The van der Waals surface area contributed by atoms with E-state index in [-0.39, 0.29) is 17.6 Å². The predicted molar refractivity (Wildman–Crippen MR) is 75.9 cm³/mol. The molecule has 0 aliphatic heterocycles. The number of carbonyl (C=O) groups is 1. The van der Waals surface area contributed by atoms with E-state index in [4.69, 9.17) is 10.5 Å². The van der Waals surface area contributed by atoms with Crippen molar-refractivity contribution in [2.24, 2.45) is 10.8 Å². The fourth-order valence-corrected chi connectivity index (χ4v) is 1.17. The van der Waals surface area contributed by atoms with E-state index >= 15 is 0 Å². The Bertz CT molecular complexity index is 472. The number of ether oxygens (including phenoxy) is 1. The first-order valence-corrected chi connectivity index (χ1v) is 5.78. The van der Waals surface area contributed by atoms with Crippen LogP contribution >= 0.6 is 12.2 Å². The summed E-state index contributed by atoms with van der Waals surface area (Å²) in [6, 6.07) is 3.28. The lowest BCUT2D eigenvalue weighted by Gasteiger charge is -2.08. The SMILES string of the molecule is CN(C)CC(=O)Oc1ccc(/C=N/NC(N)=S)nc1. The van der Waals surface area contributed by atoms with Crippen molar-refractivity contribution >= 4 is 29.5 Å². The number of nitrogens with one attached hydrogen (secondary N) is 1. The topological polar surface area (TPSA) is 92.8 Å². The molecule has 0 saturated heterocycles. The molecule has 0 atom stereocenters. The zero-order chi connectivity index (χ0) is 14.3. The van der Waals surface area contributed by atoms with E-state index in [2.05, 4.69) is 27.7 Å². The number of thiocarbonyl (C=S) groups is 1. The van der Waals surface area contributed by atoms with E-state index in [1.54, 1.807) is 31.1 Å². The highest BCUT2D eigenvalue weighted by atomic mass is 32.1. The van der Waals surface area contributed by atoms with Crippen molar-refractivity contribution in [3.63, 3.8) is 0 Å². The second-order valence-corrected chi connectivity index (χ2v) is 4.30. The molecule has 0 amide bonds. The van der Waals surface area contributed by atoms with Gasteiger partial charge in [-0.2, -0.15) is 5.10 Å². The average Bonchev–Trinajstić information content (AvgIpc) is 2.29. The zero-order valence-electron chi connectivity index (χ0n) is 10.7. The summed E-state index contributed by atoms with van der Waals surface area (Å²) < 4.78 is 5.08. The third-order valence-corrected chi connectivity index (χ3v) is 1.90. The van der Waals surface area contributed by atoms with Crippen LogP contribution in [0.4, 0.5) is 0 Å². The first kappa shape index (κ1) is 15.0. The van der Waals surface area contributed by atoms with Gasteiger partial charge in [-0.05, 0) is 38.4 Å². The Hall–Kier alpha value is -2.06. The van der Waals surface area contributed by atoms with E-state index in [0.29, 0.717) is 11.4 Å². The molecule has 19 heavy (non-hydrogen) atoms. The molecule has 0 fully saturated rings. The van der Waals surface area contributed by atoms with Crippen molar-refractivity contribution in [1.82, 2.24) is 15.3 Å². The summed E-state index contributed by atoms with van der Waals surface area (Å²) in [6.07, 6.45) is 2.89. The molecule has 3 N–H and O–H groups in total. The molecule has 7 nitrogen and oxygen atoms in total. The van der Waals surface area contributed by atoms with Crippen molar-refractivity contribution in [2.45, 2.75) is 0 Å². The molecular formula is C11H15N5O2S. The van der Waals surface area contributed by atoms with E-state index < -0.39 is 0 Å². The number of hydrazone groups is 1. The molecule has 102 valence electrons. The van der Waals surface area contributed by atoms with E-state index in [1.807, 2.05) is 0 Å². The number of carbonyl (C=O) groups excluding carboxylic acids is 1. The Kier molecular flexibility index (Phi) is 5.83. The van der Waals surface area contributed by atoms with Crippen LogP contribution in [0.15, 0.2) is 23.4 Å². The summed E-state index contributed by atoms with van der Waals surface area (Å²) >= 11 is 4.58. The second kappa shape index (κ2) is 7.39. The Morgan fingerprint density at radius 3 is 2.89 bits per heavy atom. The van der Waals surface area contributed by atoms with Crippen molar-refractivity contribution in [3.8, 4) is 5.75 Å². The van der Waals surface area contributed by atoms with Crippen LogP contribution in [-0.2, 0) is 4.79 Å². The monoisotopic (exact) mass is 281 g/mol. The van der Waals surface area contributed by atoms with Crippen LogP contribution in [0.3, 0.4) is 0 Å². The smallest absolute Gasteiger partial charge is 0.325 e. The molecular weight excluding hydrogens is 266 g/mol. The number of rotatable bonds is 5. The summed E-state index contributed by atoms with van der Waals surface area (Å²) in [5.74, 6) is 0.0367. The largest absolute Gasteiger partial charge is 0.424 e. The van der Waals surface area contributed by atoms with Crippen LogP contribution < -0.4 is 15.9 Å². The summed E-state index contributed by atoms with van der Waals surface area (Å²) in [4.78, 5) is 17.2. The Morgan fingerprint density at radius 2 is 2.37 bits per heavy atom. The molecule has 0 spiro atoms. The van der Waals surface area contributed by atoms with Gasteiger partial charge in [-0.3, -0.25) is 20.1 Å². The molecule has 1 aromatic heterocycles. The second-order valence-electron chi connectivity index (χ2n) is 3.86. The third-order valence-electron chi connectivity index (χ3n) is 1.81. The van der Waals surface area contributed by atoms with Gasteiger partial charge in [0.25, 0.3) is 0 Å². The third kappa shape index (κ3) is 6.43. The molecule has 0 radical (unpaired) electrons. The van der Waals surface area contributed by atoms with Crippen LogP contribution in [0.1, 0.15) is 5.69 Å². The minimum Gasteiger partial charge on any atom is -0.424 e. The Labute approximate surface area is 116 Å². The lowest BCUT2D eigenvalue weighted by molar-refractivity contribution is -0.135. The summed E-state index contributed by atoms with van der Waals surface area (Å²) in [5.41, 5.74) is 8.19. The van der Waals surface area contributed by atoms with Gasteiger partial charge in [0, 0.05) is 0 Å². The number of hydrogen-bond acceptors (Lipinski definition) is 6. The molecule has 0 aliphatic carbocycles. The Morgan fingerprint density at radius 1 is 1.63 bits per heavy atom. The fraction of sp³-hybridized carbons (Fsp3) is 0.273. The summed E-state index contributed by atoms with van der Waals surface area (Å²) in [5, 5.41) is 3.83. The van der Waals surface area contributed by atoms with Gasteiger partial charge in [0.15, 0.2) is 5.11 Å². The van der Waals surface area contributed by atoms with Crippen molar-refractivity contribution in [2.75, 3.05) is 20.6 Å². The van der Waals surface area contributed by atoms with Gasteiger partial charge in [0.05, 0.1) is 24.7 Å². The molecule has 0 unspecified atom stereocenters. The van der Waals surface area contributed by atoms with Crippen LogP contribution in [0.5, 0.6) is 5.75 Å². The molecule has 0 aromatic carbocycles. The maximum atomic E-state index is 11.4. The normalized spacial score (nSPS) is 10.7. The zero-order valence-corrected chi connectivity index (χ0v) is 11.5. The number of nitrogens with two attached hydrogens (primary N) is 1. The quantitative estimate of drug-likeness (QED) is 0.332. The number of pyridine rings is 1. The maximum absolute atomic E-state index is 11.4. The lowest BCUT2D eigenvalue weighted by atomic mass is 10.3. The predicted octanol–water partition coefficient (Wildman–Crippen LogP) is -0.284. The Balaban J connectivity index is 2.54. The molecule has 0 saturated carbocycles. The average molecular weight is 281 g/mol. The number of esters is 1. The standard InChI is InChI=1S/C11H15N5O2S/c1-16(2)7-10(17)18-9-4-3-8(13-6-9)5-14-15-11(12)19/h3-6H,7H2,1-2H3,(H3,12,15,19)/b14-5+. The van der Waals surface area contributed by atoms with Gasteiger partial charge in [0.1, 0.15) is 5.75 Å². The molecule has 1 heterocycles. The van der Waals surface area contributed by atoms with Crippen molar-refractivity contribution < 1.29 is 9.53 Å². The molecule has 1 rings (SSSR count). The number of nitrogens with zero attached hydrogens (tertiary/aromatic N) is 3. The van der Waals surface area contributed by atoms with E-state index in [9.17, 15) is 4.79 Å². The van der Waals surface area contributed by atoms with E-state index in [1.165, 1.54) is 12.4 Å². The highest BCUT2D eigenvalue weighted by Crippen LogP contribution is 2.08. The van der Waals surface area contributed by atoms with Gasteiger partial charge in [-0.1, -0.05) is 0 Å². The minimum atomic E-state index is -0.344. The molecule has 8 heteroatoms. The molecule has 0 bridgehead atoms. The van der Waals surface area contributed by atoms with Gasteiger partial charge in [-0.25, -0.2) is 0 Å². The number of hydrogen-bond donors (Lipinski definition) is 2. The maximum Gasteiger partial charge on any atom is 0.325 e. The van der Waals surface area contributed by atoms with E-state index in [0.717, 1.165) is 0 Å². The lowest BCUT2D eigenvalue weighted by Crippen LogP contribution is -2.25. The molecule has 1 aromatic rings. The first-order valence-electron chi connectivity index (χ1n) is 5.37. The fourth-order valence-electron chi connectivity index (χ4n) is 1.11. The highest BCUT2D eigenvalue weighted by molar-refractivity contribution is 7.80. The summed E-state index contributed by atoms with van der Waals surface area (Å²) in [7, 11) is 3.57. The van der Waals surface area contributed by atoms with Crippen LogP contribution in [-0.4, -0.2) is 47.8 Å². The summed E-state index contributed by atoms with van der Waals surface area (Å²) in [6.45, 7) is 0.209. The first-order chi connectivity index (χ1) is 8.97. The van der Waals surface area contributed by atoms with Crippen molar-refractivity contribution in [1.29, 1.82) is 0 Å². The number of likely N-dealkylation sites (N-methyl/N-ethyl adjacent to an activating group) is 1. The number of aromatic nitrogens is 1. The van der Waals surface area contributed by atoms with Gasteiger partial charge < -0.3 is 10.5 Å². The highest BCUT2D eigenvalue weighted by Gasteiger charge is 2.06. The molecule has 0 aliphatic rings.